The Morgan fingerprint density at radius 2 is 1.75 bits per heavy atom. The van der Waals surface area contributed by atoms with Crippen LogP contribution in [0.25, 0.3) is 10.8 Å². The van der Waals surface area contributed by atoms with Gasteiger partial charge in [-0.1, -0.05) is 55.5 Å². The fourth-order valence-electron chi connectivity index (χ4n) is 2.69. The molecule has 1 atom stereocenters. The minimum atomic E-state index is -0.243. The minimum Gasteiger partial charge on any atom is -0.355 e. The highest BCUT2D eigenvalue weighted by molar-refractivity contribution is 5.88. The number of aromatic nitrogens is 2. The lowest BCUT2D eigenvalue weighted by Crippen LogP contribution is -2.29. The first-order chi connectivity index (χ1) is 11.6. The molecule has 2 aromatic carbocycles. The zero-order valence-electron chi connectivity index (χ0n) is 13.5. The van der Waals surface area contributed by atoms with Gasteiger partial charge in [-0.3, -0.25) is 9.59 Å². The summed E-state index contributed by atoms with van der Waals surface area (Å²) in [7, 11) is 0. The molecule has 3 rings (SSSR count). The van der Waals surface area contributed by atoms with E-state index in [1.165, 1.54) is 5.56 Å². The van der Waals surface area contributed by atoms with Gasteiger partial charge in [0.25, 0.3) is 5.56 Å². The Bertz CT molecular complexity index is 903. The van der Waals surface area contributed by atoms with E-state index in [4.69, 9.17) is 0 Å². The number of H-pyrrole nitrogens is 1. The quantitative estimate of drug-likeness (QED) is 0.757. The van der Waals surface area contributed by atoms with Gasteiger partial charge < -0.3 is 5.32 Å². The van der Waals surface area contributed by atoms with Crippen molar-refractivity contribution in [3.63, 3.8) is 0 Å². The van der Waals surface area contributed by atoms with Gasteiger partial charge in [0, 0.05) is 11.9 Å². The third-order valence-electron chi connectivity index (χ3n) is 4.08. The monoisotopic (exact) mass is 321 g/mol. The molecule has 24 heavy (non-hydrogen) atoms. The van der Waals surface area contributed by atoms with Crippen LogP contribution in [-0.4, -0.2) is 22.6 Å². The van der Waals surface area contributed by atoms with E-state index >= 15 is 0 Å². The molecule has 0 unspecified atom stereocenters. The van der Waals surface area contributed by atoms with E-state index in [0.717, 1.165) is 0 Å². The Kier molecular flexibility index (Phi) is 4.70. The summed E-state index contributed by atoms with van der Waals surface area (Å²) < 4.78 is 0. The van der Waals surface area contributed by atoms with Crippen molar-refractivity contribution < 1.29 is 4.79 Å². The van der Waals surface area contributed by atoms with Gasteiger partial charge in [0.2, 0.25) is 5.91 Å². The van der Waals surface area contributed by atoms with Crippen LogP contribution in [0.15, 0.2) is 59.4 Å². The second-order valence-electron chi connectivity index (χ2n) is 5.84. The predicted molar refractivity (Wildman–Crippen MR) is 93.9 cm³/mol. The summed E-state index contributed by atoms with van der Waals surface area (Å²) in [5.41, 5.74) is 1.52. The molecule has 5 nitrogen and oxygen atoms in total. The van der Waals surface area contributed by atoms with Crippen LogP contribution in [0, 0.1) is 0 Å². The number of hydrogen-bond acceptors (Lipinski definition) is 3. The highest BCUT2D eigenvalue weighted by Crippen LogP contribution is 2.14. The molecule has 1 heterocycles. The number of rotatable bonds is 5. The number of aromatic amines is 1. The van der Waals surface area contributed by atoms with E-state index in [0.29, 0.717) is 23.0 Å². The number of benzene rings is 2. The number of nitrogens with zero attached hydrogens (tertiary/aromatic N) is 1. The first kappa shape index (κ1) is 15.9. The number of carbonyl (C=O) groups is 1. The van der Waals surface area contributed by atoms with Crippen LogP contribution < -0.4 is 10.9 Å². The SMILES string of the molecule is C[C@@H](CNC(=O)Cc1n[nH]c(=O)c2ccccc12)c1ccccc1. The second kappa shape index (κ2) is 7.08. The summed E-state index contributed by atoms with van der Waals surface area (Å²) in [5, 5.41) is 10.7. The highest BCUT2D eigenvalue weighted by Gasteiger charge is 2.12. The Balaban J connectivity index is 1.68. The molecule has 0 aliphatic carbocycles. The summed E-state index contributed by atoms with van der Waals surface area (Å²) in [6, 6.07) is 17.2. The summed E-state index contributed by atoms with van der Waals surface area (Å²) in [6.45, 7) is 2.63. The van der Waals surface area contributed by atoms with E-state index in [2.05, 4.69) is 22.4 Å². The summed E-state index contributed by atoms with van der Waals surface area (Å²) in [5.74, 6) is 0.123. The average molecular weight is 321 g/mol. The third kappa shape index (κ3) is 3.51. The third-order valence-corrected chi connectivity index (χ3v) is 4.08. The molecule has 122 valence electrons. The molecule has 0 fully saturated rings. The van der Waals surface area contributed by atoms with Crippen molar-refractivity contribution >= 4 is 16.7 Å². The van der Waals surface area contributed by atoms with Gasteiger partial charge in [0.15, 0.2) is 0 Å². The lowest BCUT2D eigenvalue weighted by Gasteiger charge is -2.13. The van der Waals surface area contributed by atoms with Gasteiger partial charge in [0.1, 0.15) is 0 Å². The molecular weight excluding hydrogens is 302 g/mol. The average Bonchev–Trinajstić information content (AvgIpc) is 2.63. The number of hydrogen-bond donors (Lipinski definition) is 2. The molecule has 0 spiro atoms. The summed E-state index contributed by atoms with van der Waals surface area (Å²) in [4.78, 5) is 24.0. The number of nitrogens with one attached hydrogen (secondary N) is 2. The molecule has 0 saturated carbocycles. The van der Waals surface area contributed by atoms with Crippen LogP contribution in [0.3, 0.4) is 0 Å². The Labute approximate surface area is 139 Å². The van der Waals surface area contributed by atoms with Gasteiger partial charge in [-0.2, -0.15) is 5.10 Å². The fraction of sp³-hybridized carbons (Fsp3) is 0.211. The van der Waals surface area contributed by atoms with Gasteiger partial charge in [-0.05, 0) is 17.5 Å². The van der Waals surface area contributed by atoms with Crippen LogP contribution in [0.2, 0.25) is 0 Å². The summed E-state index contributed by atoms with van der Waals surface area (Å²) >= 11 is 0. The predicted octanol–water partition coefficient (Wildman–Crippen LogP) is 2.39. The molecule has 0 radical (unpaired) electrons. The Hall–Kier alpha value is -2.95. The van der Waals surface area contributed by atoms with Crippen molar-refractivity contribution in [2.45, 2.75) is 19.3 Å². The lowest BCUT2D eigenvalue weighted by atomic mass is 10.0. The van der Waals surface area contributed by atoms with Crippen molar-refractivity contribution in [2.75, 3.05) is 6.54 Å². The van der Waals surface area contributed by atoms with Crippen LogP contribution in [0.5, 0.6) is 0 Å². The standard InChI is InChI=1S/C19H19N3O2/c1-13(14-7-3-2-4-8-14)12-20-18(23)11-17-15-9-5-6-10-16(15)19(24)22-21-17/h2-10,13H,11-12H2,1H3,(H,20,23)(H,22,24)/t13-/m0/s1. The van der Waals surface area contributed by atoms with Crippen molar-refractivity contribution in [2.24, 2.45) is 0 Å². The smallest absolute Gasteiger partial charge is 0.272 e. The van der Waals surface area contributed by atoms with E-state index < -0.39 is 0 Å². The maximum absolute atomic E-state index is 12.2. The lowest BCUT2D eigenvalue weighted by molar-refractivity contribution is -0.120. The van der Waals surface area contributed by atoms with Crippen LogP contribution in [-0.2, 0) is 11.2 Å². The zero-order chi connectivity index (χ0) is 16.9. The maximum Gasteiger partial charge on any atom is 0.272 e. The Morgan fingerprint density at radius 3 is 2.50 bits per heavy atom. The topological polar surface area (TPSA) is 74.8 Å². The van der Waals surface area contributed by atoms with Gasteiger partial charge in [-0.15, -0.1) is 0 Å². The largest absolute Gasteiger partial charge is 0.355 e. The van der Waals surface area contributed by atoms with Gasteiger partial charge in [0.05, 0.1) is 17.5 Å². The van der Waals surface area contributed by atoms with E-state index in [9.17, 15) is 9.59 Å². The van der Waals surface area contributed by atoms with Crippen molar-refractivity contribution in [3.8, 4) is 0 Å². The molecule has 1 amide bonds. The molecule has 0 bridgehead atoms. The normalized spacial score (nSPS) is 12.0. The van der Waals surface area contributed by atoms with Crippen LogP contribution >= 0.6 is 0 Å². The van der Waals surface area contributed by atoms with Gasteiger partial charge in [-0.25, -0.2) is 5.10 Å². The minimum absolute atomic E-state index is 0.109. The van der Waals surface area contributed by atoms with E-state index in [1.54, 1.807) is 12.1 Å². The van der Waals surface area contributed by atoms with E-state index in [1.807, 2.05) is 42.5 Å². The molecule has 0 saturated heterocycles. The molecule has 0 aliphatic heterocycles. The van der Waals surface area contributed by atoms with Crippen molar-refractivity contribution in [1.82, 2.24) is 15.5 Å². The molecule has 0 aliphatic rings. The maximum atomic E-state index is 12.2. The highest BCUT2D eigenvalue weighted by atomic mass is 16.1. The number of carbonyl (C=O) groups excluding carboxylic acids is 1. The zero-order valence-corrected chi connectivity index (χ0v) is 13.5. The van der Waals surface area contributed by atoms with Crippen molar-refractivity contribution in [3.05, 3.63) is 76.2 Å². The molecule has 5 heteroatoms. The molecule has 3 aromatic rings. The molecule has 2 N–H and O–H groups in total. The number of amides is 1. The van der Waals surface area contributed by atoms with Crippen molar-refractivity contribution in [1.29, 1.82) is 0 Å². The van der Waals surface area contributed by atoms with E-state index in [-0.39, 0.29) is 23.8 Å². The van der Waals surface area contributed by atoms with Crippen LogP contribution in [0.1, 0.15) is 24.1 Å². The fourth-order valence-corrected chi connectivity index (χ4v) is 2.69. The first-order valence-electron chi connectivity index (χ1n) is 7.93. The van der Waals surface area contributed by atoms with Crippen LogP contribution in [0.4, 0.5) is 0 Å². The Morgan fingerprint density at radius 1 is 1.08 bits per heavy atom. The summed E-state index contributed by atoms with van der Waals surface area (Å²) in [6.07, 6.45) is 0.138. The molecule has 1 aromatic heterocycles. The van der Waals surface area contributed by atoms with Gasteiger partial charge >= 0.3 is 0 Å². The first-order valence-corrected chi connectivity index (χ1v) is 7.93. The number of fused-ring (bicyclic) bond motifs is 1. The second-order valence-corrected chi connectivity index (χ2v) is 5.84. The molecular formula is C19H19N3O2.